The van der Waals surface area contributed by atoms with E-state index in [2.05, 4.69) is 49.7 Å². The summed E-state index contributed by atoms with van der Waals surface area (Å²) in [6, 6.07) is 10.3. The van der Waals surface area contributed by atoms with Crippen LogP contribution in [-0.4, -0.2) is 40.4 Å². The smallest absolute Gasteiger partial charge is 0.250 e. The average Bonchev–Trinajstić information content (AvgIpc) is 2.70. The molecule has 0 aliphatic carbocycles. The Morgan fingerprint density at radius 2 is 1.75 bits per heavy atom. The highest BCUT2D eigenvalue weighted by Gasteiger charge is 2.11. The molecule has 7 heteroatoms. The molecule has 28 heavy (non-hydrogen) atoms. The van der Waals surface area contributed by atoms with Crippen LogP contribution in [0, 0.1) is 13.8 Å². The molecule has 2 aromatic rings. The summed E-state index contributed by atoms with van der Waals surface area (Å²) >= 11 is 1.31. The fourth-order valence-electron chi connectivity index (χ4n) is 3.20. The largest absolute Gasteiger partial charge is 0.372 e. The number of thioether (sulfide) groups is 1. The van der Waals surface area contributed by atoms with Gasteiger partial charge in [-0.15, -0.1) is 0 Å². The van der Waals surface area contributed by atoms with Crippen LogP contribution in [0.15, 0.2) is 40.6 Å². The van der Waals surface area contributed by atoms with Crippen molar-refractivity contribution in [2.24, 2.45) is 5.10 Å². The molecule has 1 aromatic heterocycles. The van der Waals surface area contributed by atoms with E-state index in [0.29, 0.717) is 5.16 Å². The van der Waals surface area contributed by atoms with Gasteiger partial charge >= 0.3 is 0 Å². The number of carbonyl (C=O) groups is 1. The van der Waals surface area contributed by atoms with Crippen molar-refractivity contribution in [2.45, 2.75) is 45.2 Å². The molecule has 1 aliphatic rings. The Bertz CT molecular complexity index is 824. The summed E-state index contributed by atoms with van der Waals surface area (Å²) < 4.78 is 0. The first-order valence-corrected chi connectivity index (χ1v) is 10.6. The fraction of sp³-hybridized carbons (Fsp3) is 0.429. The third-order valence-corrected chi connectivity index (χ3v) is 5.50. The number of piperidine rings is 1. The highest BCUT2D eigenvalue weighted by Crippen LogP contribution is 2.20. The molecule has 0 unspecified atom stereocenters. The Hall–Kier alpha value is -2.41. The molecule has 3 rings (SSSR count). The number of hydrogen-bond acceptors (Lipinski definition) is 6. The topological polar surface area (TPSA) is 70.5 Å². The number of benzene rings is 1. The molecule has 1 N–H and O–H groups in total. The van der Waals surface area contributed by atoms with Gasteiger partial charge in [0.25, 0.3) is 5.91 Å². The summed E-state index contributed by atoms with van der Waals surface area (Å²) in [5.41, 5.74) is 7.47. The molecule has 0 spiro atoms. The minimum atomic E-state index is -0.169. The van der Waals surface area contributed by atoms with E-state index in [4.69, 9.17) is 0 Å². The van der Waals surface area contributed by atoms with Crippen molar-refractivity contribution < 1.29 is 4.79 Å². The van der Waals surface area contributed by atoms with E-state index in [1.54, 1.807) is 0 Å². The maximum absolute atomic E-state index is 12.1. The molecule has 0 atom stereocenters. The summed E-state index contributed by atoms with van der Waals surface area (Å²) in [5.74, 6) is 0.0603. The maximum atomic E-state index is 12.1. The first kappa shape index (κ1) is 20.3. The Morgan fingerprint density at radius 3 is 2.39 bits per heavy atom. The Kier molecular flexibility index (Phi) is 7.03. The van der Waals surface area contributed by atoms with Gasteiger partial charge in [0, 0.05) is 30.2 Å². The number of amides is 1. The molecule has 148 valence electrons. The van der Waals surface area contributed by atoms with E-state index in [0.717, 1.165) is 35.8 Å². The summed E-state index contributed by atoms with van der Waals surface area (Å²) in [5, 5.41) is 4.85. The number of nitrogens with zero attached hydrogens (tertiary/aromatic N) is 4. The normalized spacial score (nSPS) is 14.8. The third kappa shape index (κ3) is 5.79. The van der Waals surface area contributed by atoms with Crippen LogP contribution >= 0.6 is 11.8 Å². The maximum Gasteiger partial charge on any atom is 0.250 e. The van der Waals surface area contributed by atoms with Crippen molar-refractivity contribution in [3.05, 3.63) is 47.3 Å². The van der Waals surface area contributed by atoms with Crippen LogP contribution in [0.25, 0.3) is 0 Å². The van der Waals surface area contributed by atoms with Gasteiger partial charge in [-0.2, -0.15) is 5.10 Å². The highest BCUT2D eigenvalue weighted by atomic mass is 32.2. The first-order valence-electron chi connectivity index (χ1n) is 9.65. The average molecular weight is 398 g/mol. The Morgan fingerprint density at radius 1 is 1.11 bits per heavy atom. The van der Waals surface area contributed by atoms with E-state index >= 15 is 0 Å². The summed E-state index contributed by atoms with van der Waals surface area (Å²) in [6.45, 7) is 8.00. The lowest BCUT2D eigenvalue weighted by Gasteiger charge is -2.28. The van der Waals surface area contributed by atoms with Crippen molar-refractivity contribution in [1.82, 2.24) is 15.4 Å². The predicted molar refractivity (Wildman–Crippen MR) is 115 cm³/mol. The van der Waals surface area contributed by atoms with Gasteiger partial charge in [0.2, 0.25) is 0 Å². The van der Waals surface area contributed by atoms with Gasteiger partial charge in [0.1, 0.15) is 0 Å². The zero-order valence-corrected chi connectivity index (χ0v) is 17.6. The van der Waals surface area contributed by atoms with Gasteiger partial charge in [-0.05, 0) is 63.8 Å². The van der Waals surface area contributed by atoms with E-state index in [1.807, 2.05) is 26.8 Å². The quantitative estimate of drug-likeness (QED) is 0.348. The molecule has 1 aliphatic heterocycles. The molecule has 1 saturated heterocycles. The lowest BCUT2D eigenvalue weighted by molar-refractivity contribution is -0.118. The number of rotatable bonds is 6. The van der Waals surface area contributed by atoms with Crippen LogP contribution in [0.3, 0.4) is 0 Å². The van der Waals surface area contributed by atoms with Crippen molar-refractivity contribution in [1.29, 1.82) is 0 Å². The molecule has 1 aromatic carbocycles. The minimum absolute atomic E-state index is 0.169. The van der Waals surface area contributed by atoms with E-state index in [1.165, 1.54) is 36.7 Å². The highest BCUT2D eigenvalue weighted by molar-refractivity contribution is 7.99. The fourth-order valence-corrected chi connectivity index (χ4v) is 3.94. The molecule has 1 amide bonds. The molecule has 0 bridgehead atoms. The lowest BCUT2D eigenvalue weighted by atomic mass is 10.1. The van der Waals surface area contributed by atoms with Gasteiger partial charge in [0.15, 0.2) is 5.16 Å². The van der Waals surface area contributed by atoms with Crippen molar-refractivity contribution in [3.63, 3.8) is 0 Å². The van der Waals surface area contributed by atoms with Gasteiger partial charge < -0.3 is 4.90 Å². The lowest BCUT2D eigenvalue weighted by Crippen LogP contribution is -2.29. The Balaban J connectivity index is 1.52. The Labute approximate surface area is 170 Å². The predicted octanol–water partition coefficient (Wildman–Crippen LogP) is 3.72. The number of nitrogens with one attached hydrogen (secondary N) is 1. The standard InChI is InChI=1S/C21H27N5OS/c1-15-13-16(2)23-21(22-15)28-14-20(27)25-24-17(3)18-7-9-19(10-8-18)26-11-5-4-6-12-26/h7-10,13H,4-6,11-12,14H2,1-3H3,(H,25,27)/b24-17-. The summed E-state index contributed by atoms with van der Waals surface area (Å²) in [4.78, 5) is 23.2. The van der Waals surface area contributed by atoms with Crippen LogP contribution in [0.4, 0.5) is 5.69 Å². The molecule has 0 radical (unpaired) electrons. The van der Waals surface area contributed by atoms with Crippen molar-refractivity contribution in [3.8, 4) is 0 Å². The van der Waals surface area contributed by atoms with Gasteiger partial charge in [-0.1, -0.05) is 23.9 Å². The summed E-state index contributed by atoms with van der Waals surface area (Å²) in [7, 11) is 0. The number of hydrogen-bond donors (Lipinski definition) is 1. The van der Waals surface area contributed by atoms with Gasteiger partial charge in [0.05, 0.1) is 11.5 Å². The number of anilines is 1. The molecule has 2 heterocycles. The zero-order chi connectivity index (χ0) is 19.9. The monoisotopic (exact) mass is 397 g/mol. The first-order chi connectivity index (χ1) is 13.5. The van der Waals surface area contributed by atoms with Gasteiger partial charge in [-0.25, -0.2) is 15.4 Å². The van der Waals surface area contributed by atoms with E-state index in [9.17, 15) is 4.79 Å². The summed E-state index contributed by atoms with van der Waals surface area (Å²) in [6.07, 6.45) is 3.85. The molecule has 1 fully saturated rings. The van der Waals surface area contributed by atoms with Crippen molar-refractivity contribution >= 4 is 29.1 Å². The third-order valence-electron chi connectivity index (χ3n) is 4.65. The van der Waals surface area contributed by atoms with Crippen LogP contribution < -0.4 is 10.3 Å². The second-order valence-corrected chi connectivity index (χ2v) is 7.99. The number of aromatic nitrogens is 2. The molecular weight excluding hydrogens is 370 g/mol. The second-order valence-electron chi connectivity index (χ2n) is 7.05. The van der Waals surface area contributed by atoms with Crippen LogP contribution in [-0.2, 0) is 4.79 Å². The van der Waals surface area contributed by atoms with Crippen LogP contribution in [0.2, 0.25) is 0 Å². The minimum Gasteiger partial charge on any atom is -0.372 e. The second kappa shape index (κ2) is 9.68. The number of carbonyl (C=O) groups excluding carboxylic acids is 1. The SMILES string of the molecule is C/C(=N/NC(=O)CSc1nc(C)cc(C)n1)c1ccc(N2CCCCC2)cc1. The number of hydrazone groups is 1. The molecule has 0 saturated carbocycles. The van der Waals surface area contributed by atoms with Crippen molar-refractivity contribution in [2.75, 3.05) is 23.7 Å². The molecule has 6 nitrogen and oxygen atoms in total. The van der Waals surface area contributed by atoms with Crippen LogP contribution in [0.1, 0.15) is 43.1 Å². The zero-order valence-electron chi connectivity index (χ0n) is 16.7. The number of aryl methyl sites for hydroxylation is 2. The van der Waals surface area contributed by atoms with Crippen LogP contribution in [0.5, 0.6) is 0 Å². The van der Waals surface area contributed by atoms with E-state index < -0.39 is 0 Å². The van der Waals surface area contributed by atoms with Gasteiger partial charge in [-0.3, -0.25) is 4.79 Å². The van der Waals surface area contributed by atoms with E-state index in [-0.39, 0.29) is 11.7 Å². The molecular formula is C21H27N5OS.